The minimum atomic E-state index is -0.753. The molecule has 9 heteroatoms. The molecule has 31 heavy (non-hydrogen) atoms. The molecule has 0 fully saturated rings. The number of hydrogen-bond acceptors (Lipinski definition) is 5. The van der Waals surface area contributed by atoms with Crippen LogP contribution in [-0.4, -0.2) is 26.8 Å². The molecule has 3 aromatic carbocycles. The number of nitro groups is 1. The lowest BCUT2D eigenvalue weighted by Gasteiger charge is -2.02. The average molecular weight is 478 g/mol. The van der Waals surface area contributed by atoms with E-state index >= 15 is 0 Å². The smallest absolute Gasteiger partial charge is 0.265 e. The quantitative estimate of drug-likeness (QED) is 0.250. The van der Waals surface area contributed by atoms with E-state index < -0.39 is 10.8 Å². The van der Waals surface area contributed by atoms with Crippen molar-refractivity contribution >= 4 is 44.5 Å². The number of halogens is 1. The molecule has 0 atom stereocenters. The predicted octanol–water partition coefficient (Wildman–Crippen LogP) is 4.52. The van der Waals surface area contributed by atoms with Crippen LogP contribution in [0, 0.1) is 10.1 Å². The van der Waals surface area contributed by atoms with Gasteiger partial charge in [0.15, 0.2) is 0 Å². The fourth-order valence-electron chi connectivity index (χ4n) is 3.12. The summed E-state index contributed by atoms with van der Waals surface area (Å²) in [5.41, 5.74) is 3.31. The molecule has 0 spiro atoms. The molecule has 1 heterocycles. The molecule has 1 amide bonds. The molecule has 154 valence electrons. The first-order valence-corrected chi connectivity index (χ1v) is 10.1. The zero-order chi connectivity index (χ0) is 21.8. The Balaban J connectivity index is 1.50. The second kappa shape index (κ2) is 8.88. The summed E-state index contributed by atoms with van der Waals surface area (Å²) in [6.07, 6.45) is 2.72. The van der Waals surface area contributed by atoms with Crippen LogP contribution >= 0.6 is 15.9 Å². The van der Waals surface area contributed by atoms with Crippen molar-refractivity contribution in [2.24, 2.45) is 5.10 Å². The van der Waals surface area contributed by atoms with Crippen LogP contribution in [0.1, 0.15) is 21.6 Å². The molecule has 1 aromatic heterocycles. The average Bonchev–Trinajstić information content (AvgIpc) is 3.18. The highest BCUT2D eigenvalue weighted by Gasteiger charge is 2.25. The summed E-state index contributed by atoms with van der Waals surface area (Å²) in [5, 5.41) is 21.6. The van der Waals surface area contributed by atoms with Crippen LogP contribution in [-0.2, 0) is 6.54 Å². The number of rotatable bonds is 6. The summed E-state index contributed by atoms with van der Waals surface area (Å²) in [6, 6.07) is 21.1. The first kappa shape index (κ1) is 20.4. The third kappa shape index (κ3) is 4.84. The fourth-order valence-corrected chi connectivity index (χ4v) is 3.56. The van der Waals surface area contributed by atoms with Crippen molar-refractivity contribution in [3.05, 3.63) is 104 Å². The number of hydrazone groups is 1. The van der Waals surface area contributed by atoms with Crippen LogP contribution in [0.15, 0.2) is 82.5 Å². The van der Waals surface area contributed by atoms with Gasteiger partial charge in [-0.25, -0.2) is 5.43 Å². The van der Waals surface area contributed by atoms with Crippen LogP contribution in [0.25, 0.3) is 10.8 Å². The van der Waals surface area contributed by atoms with Gasteiger partial charge in [0, 0.05) is 4.47 Å². The maximum absolute atomic E-state index is 12.5. The number of fused-ring (bicyclic) bond motifs is 1. The molecule has 4 rings (SSSR count). The van der Waals surface area contributed by atoms with Crippen molar-refractivity contribution in [3.8, 4) is 0 Å². The van der Waals surface area contributed by atoms with E-state index in [-0.39, 0.29) is 17.9 Å². The van der Waals surface area contributed by atoms with Gasteiger partial charge in [-0.1, -0.05) is 64.5 Å². The van der Waals surface area contributed by atoms with Gasteiger partial charge in [0.2, 0.25) is 5.69 Å². The van der Waals surface area contributed by atoms with E-state index in [2.05, 4.69) is 31.6 Å². The second-order valence-electron chi connectivity index (χ2n) is 6.75. The maximum atomic E-state index is 12.5. The van der Waals surface area contributed by atoms with Crippen molar-refractivity contribution in [1.29, 1.82) is 0 Å². The molecule has 8 nitrogen and oxygen atoms in total. The first-order chi connectivity index (χ1) is 15.0. The number of amides is 1. The zero-order valence-electron chi connectivity index (χ0n) is 16.1. The van der Waals surface area contributed by atoms with E-state index in [1.807, 2.05) is 66.7 Å². The highest BCUT2D eigenvalue weighted by Crippen LogP contribution is 2.19. The summed E-state index contributed by atoms with van der Waals surface area (Å²) in [4.78, 5) is 23.2. The lowest BCUT2D eigenvalue weighted by molar-refractivity contribution is -0.385. The monoisotopic (exact) mass is 477 g/mol. The summed E-state index contributed by atoms with van der Waals surface area (Å²) in [6.45, 7) is 0.286. The van der Waals surface area contributed by atoms with E-state index in [1.165, 1.54) is 17.1 Å². The lowest BCUT2D eigenvalue weighted by Crippen LogP contribution is -2.19. The molecule has 0 saturated heterocycles. The number of aromatic nitrogens is 2. The van der Waals surface area contributed by atoms with Crippen LogP contribution in [0.5, 0.6) is 0 Å². The van der Waals surface area contributed by atoms with Gasteiger partial charge in [0.1, 0.15) is 6.20 Å². The Labute approximate surface area is 185 Å². The molecule has 0 aliphatic carbocycles. The van der Waals surface area contributed by atoms with Gasteiger partial charge in [0.05, 0.1) is 17.7 Å². The number of nitrogens with zero attached hydrogens (tertiary/aromatic N) is 4. The molecule has 0 radical (unpaired) electrons. The van der Waals surface area contributed by atoms with E-state index in [0.717, 1.165) is 26.4 Å². The van der Waals surface area contributed by atoms with Gasteiger partial charge < -0.3 is 0 Å². The Morgan fingerprint density at radius 1 is 1.13 bits per heavy atom. The van der Waals surface area contributed by atoms with Crippen LogP contribution in [0.4, 0.5) is 5.69 Å². The number of nitrogens with one attached hydrogen (secondary N) is 1. The molecule has 4 aromatic rings. The number of carbonyl (C=O) groups excluding carboxylic acids is 1. The van der Waals surface area contributed by atoms with Crippen LogP contribution in [0.3, 0.4) is 0 Å². The predicted molar refractivity (Wildman–Crippen MR) is 121 cm³/mol. The van der Waals surface area contributed by atoms with Gasteiger partial charge in [-0.3, -0.25) is 19.6 Å². The Morgan fingerprint density at radius 2 is 1.94 bits per heavy atom. The Hall–Kier alpha value is -3.85. The summed E-state index contributed by atoms with van der Waals surface area (Å²) >= 11 is 3.38. The standard InChI is InChI=1S/C22H16BrN5O3/c23-19-7-3-4-16(11-19)13-27-14-20(28(30)31)21(26-27)22(29)25-24-12-15-8-9-17-5-1-2-6-18(17)10-15/h1-12,14H,13H2,(H,25,29)/b24-12-. The third-order valence-corrected chi connectivity index (χ3v) is 5.03. The first-order valence-electron chi connectivity index (χ1n) is 9.28. The third-order valence-electron chi connectivity index (χ3n) is 4.54. The van der Waals surface area contributed by atoms with Gasteiger partial charge >= 0.3 is 5.69 Å². The highest BCUT2D eigenvalue weighted by molar-refractivity contribution is 9.10. The van der Waals surface area contributed by atoms with Gasteiger partial charge in [-0.15, -0.1) is 0 Å². The van der Waals surface area contributed by atoms with Crippen molar-refractivity contribution in [2.45, 2.75) is 6.54 Å². The van der Waals surface area contributed by atoms with E-state index in [9.17, 15) is 14.9 Å². The molecular formula is C22H16BrN5O3. The Kier molecular flexibility index (Phi) is 5.85. The fraction of sp³-hybridized carbons (Fsp3) is 0.0455. The van der Waals surface area contributed by atoms with Crippen LogP contribution < -0.4 is 5.43 Å². The highest BCUT2D eigenvalue weighted by atomic mass is 79.9. The Bertz CT molecular complexity index is 1320. The number of benzene rings is 3. The molecule has 0 aliphatic heterocycles. The summed E-state index contributed by atoms with van der Waals surface area (Å²) in [7, 11) is 0. The summed E-state index contributed by atoms with van der Waals surface area (Å²) < 4.78 is 2.25. The minimum absolute atomic E-state index is 0.286. The zero-order valence-corrected chi connectivity index (χ0v) is 17.7. The topological polar surface area (TPSA) is 102 Å². The normalized spacial score (nSPS) is 11.1. The van der Waals surface area contributed by atoms with Crippen molar-refractivity contribution in [3.63, 3.8) is 0 Å². The van der Waals surface area contributed by atoms with Gasteiger partial charge in [0.25, 0.3) is 5.91 Å². The molecule has 0 unspecified atom stereocenters. The van der Waals surface area contributed by atoms with Crippen molar-refractivity contribution < 1.29 is 9.72 Å². The molecule has 0 bridgehead atoms. The van der Waals surface area contributed by atoms with Crippen molar-refractivity contribution in [2.75, 3.05) is 0 Å². The summed E-state index contributed by atoms with van der Waals surface area (Å²) in [5.74, 6) is -0.753. The van der Waals surface area contributed by atoms with Gasteiger partial charge in [-0.2, -0.15) is 10.2 Å². The van der Waals surface area contributed by atoms with Gasteiger partial charge in [-0.05, 0) is 40.1 Å². The molecule has 0 saturated carbocycles. The lowest BCUT2D eigenvalue weighted by atomic mass is 10.1. The van der Waals surface area contributed by atoms with E-state index in [0.29, 0.717) is 0 Å². The number of hydrogen-bond donors (Lipinski definition) is 1. The van der Waals surface area contributed by atoms with Crippen LogP contribution in [0.2, 0.25) is 0 Å². The molecule has 1 N–H and O–H groups in total. The second-order valence-corrected chi connectivity index (χ2v) is 7.67. The molecular weight excluding hydrogens is 462 g/mol. The molecule has 0 aliphatic rings. The maximum Gasteiger partial charge on any atom is 0.320 e. The van der Waals surface area contributed by atoms with E-state index in [1.54, 1.807) is 0 Å². The number of carbonyl (C=O) groups is 1. The van der Waals surface area contributed by atoms with Crippen molar-refractivity contribution in [1.82, 2.24) is 15.2 Å². The minimum Gasteiger partial charge on any atom is -0.265 e. The SMILES string of the molecule is O=C(N/N=C\c1ccc2ccccc2c1)c1nn(Cc2cccc(Br)c2)cc1[N+](=O)[O-]. The largest absolute Gasteiger partial charge is 0.320 e. The van der Waals surface area contributed by atoms with E-state index in [4.69, 9.17) is 0 Å². The Morgan fingerprint density at radius 3 is 2.71 bits per heavy atom.